The van der Waals surface area contributed by atoms with Crippen LogP contribution >= 0.6 is 11.8 Å². The molecular formula is C13H21N3O2S2. The molecule has 1 fully saturated rings. The van der Waals surface area contributed by atoms with E-state index in [-0.39, 0.29) is 10.6 Å². The predicted molar refractivity (Wildman–Crippen MR) is 85.4 cm³/mol. The van der Waals surface area contributed by atoms with E-state index in [2.05, 4.69) is 11.6 Å². The molecule has 5 N–H and O–H groups in total. The lowest BCUT2D eigenvalue weighted by Gasteiger charge is -2.30. The van der Waals surface area contributed by atoms with Crippen LogP contribution in [0, 0.1) is 0 Å². The number of hydrogen-bond donors (Lipinski definition) is 3. The Morgan fingerprint density at radius 1 is 1.35 bits per heavy atom. The zero-order chi connectivity index (χ0) is 14.8. The van der Waals surface area contributed by atoms with Crippen molar-refractivity contribution in [1.82, 2.24) is 0 Å². The highest BCUT2D eigenvalue weighted by Gasteiger charge is 2.22. The first-order chi connectivity index (χ1) is 9.41. The molecule has 2 atom stereocenters. The summed E-state index contributed by atoms with van der Waals surface area (Å²) in [6.45, 7) is 0. The summed E-state index contributed by atoms with van der Waals surface area (Å²) in [6.07, 6.45) is 6.70. The van der Waals surface area contributed by atoms with Gasteiger partial charge in [0.2, 0.25) is 10.0 Å². The van der Waals surface area contributed by atoms with Crippen LogP contribution in [0.5, 0.6) is 0 Å². The summed E-state index contributed by atoms with van der Waals surface area (Å²) in [5.74, 6) is 0. The molecule has 7 heteroatoms. The van der Waals surface area contributed by atoms with Crippen molar-refractivity contribution in [2.45, 2.75) is 41.9 Å². The summed E-state index contributed by atoms with van der Waals surface area (Å²) in [5, 5.41) is 9.19. The number of thioether (sulfide) groups is 1. The van der Waals surface area contributed by atoms with Gasteiger partial charge in [-0.3, -0.25) is 0 Å². The Bertz CT molecular complexity index is 575. The van der Waals surface area contributed by atoms with Crippen molar-refractivity contribution in [2.75, 3.05) is 17.3 Å². The maximum Gasteiger partial charge on any atom is 0.240 e. The van der Waals surface area contributed by atoms with Crippen molar-refractivity contribution in [3.05, 3.63) is 18.2 Å². The van der Waals surface area contributed by atoms with Crippen molar-refractivity contribution >= 4 is 33.2 Å². The second-order valence-corrected chi connectivity index (χ2v) is 7.80. The molecule has 1 aromatic rings. The molecule has 1 aliphatic rings. The van der Waals surface area contributed by atoms with E-state index in [1.54, 1.807) is 12.1 Å². The minimum atomic E-state index is -3.78. The highest BCUT2D eigenvalue weighted by atomic mass is 32.2. The minimum Gasteiger partial charge on any atom is -0.396 e. The molecule has 0 saturated heterocycles. The number of nitrogen functional groups attached to an aromatic ring is 1. The van der Waals surface area contributed by atoms with Crippen LogP contribution in [-0.2, 0) is 10.0 Å². The van der Waals surface area contributed by atoms with Crippen LogP contribution in [0.2, 0.25) is 0 Å². The van der Waals surface area contributed by atoms with Crippen LogP contribution in [-0.4, -0.2) is 26.0 Å². The van der Waals surface area contributed by atoms with Gasteiger partial charge >= 0.3 is 0 Å². The Kier molecular flexibility index (Phi) is 4.82. The standard InChI is InChI=1S/C13H21N3O2S2/c1-19-10-5-2-4-9(8-10)16-11-6-3-7-12(13(11)14)20(15,17)18/h3,6-7,9-10,16H,2,4-5,8,14H2,1H3,(H2,15,17,18). The number of sulfonamides is 1. The summed E-state index contributed by atoms with van der Waals surface area (Å²) in [7, 11) is -3.78. The molecule has 2 unspecified atom stereocenters. The molecule has 0 bridgehead atoms. The van der Waals surface area contributed by atoms with Gasteiger partial charge in [0.15, 0.2) is 0 Å². The smallest absolute Gasteiger partial charge is 0.240 e. The lowest BCUT2D eigenvalue weighted by Crippen LogP contribution is -2.29. The first-order valence-corrected chi connectivity index (χ1v) is 9.46. The monoisotopic (exact) mass is 315 g/mol. The number of anilines is 2. The summed E-state index contributed by atoms with van der Waals surface area (Å²) in [4.78, 5) is -0.0141. The summed E-state index contributed by atoms with van der Waals surface area (Å²) in [6, 6.07) is 5.22. The fourth-order valence-electron chi connectivity index (χ4n) is 2.63. The average Bonchev–Trinajstić information content (AvgIpc) is 2.40. The summed E-state index contributed by atoms with van der Waals surface area (Å²) >= 11 is 1.88. The van der Waals surface area contributed by atoms with E-state index in [9.17, 15) is 8.42 Å². The van der Waals surface area contributed by atoms with Crippen molar-refractivity contribution in [3.63, 3.8) is 0 Å². The Morgan fingerprint density at radius 2 is 2.10 bits per heavy atom. The van der Waals surface area contributed by atoms with Crippen LogP contribution in [0.25, 0.3) is 0 Å². The summed E-state index contributed by atoms with van der Waals surface area (Å²) in [5.41, 5.74) is 6.79. The van der Waals surface area contributed by atoms with Crippen LogP contribution in [0.3, 0.4) is 0 Å². The van der Waals surface area contributed by atoms with Crippen LogP contribution in [0.15, 0.2) is 23.1 Å². The molecule has 0 aromatic heterocycles. The fraction of sp³-hybridized carbons (Fsp3) is 0.538. The number of nitrogens with one attached hydrogen (secondary N) is 1. The molecule has 2 rings (SSSR count). The Labute approximate surface area is 124 Å². The van der Waals surface area contributed by atoms with Gasteiger partial charge in [-0.1, -0.05) is 12.5 Å². The summed E-state index contributed by atoms with van der Waals surface area (Å²) < 4.78 is 22.9. The lowest BCUT2D eigenvalue weighted by molar-refractivity contribution is 0.474. The van der Waals surface area contributed by atoms with Gasteiger partial charge in [0.1, 0.15) is 4.90 Å². The zero-order valence-electron chi connectivity index (χ0n) is 11.5. The molecule has 0 heterocycles. The van der Waals surface area contributed by atoms with Gasteiger partial charge in [0.25, 0.3) is 0 Å². The maximum atomic E-state index is 11.5. The van der Waals surface area contributed by atoms with E-state index in [4.69, 9.17) is 10.9 Å². The molecule has 1 saturated carbocycles. The third-order valence-corrected chi connectivity index (χ3v) is 5.76. The van der Waals surface area contributed by atoms with Crippen molar-refractivity contribution in [3.8, 4) is 0 Å². The molecule has 0 radical (unpaired) electrons. The number of benzene rings is 1. The molecule has 0 spiro atoms. The number of nitrogens with two attached hydrogens (primary N) is 2. The van der Waals surface area contributed by atoms with E-state index in [0.717, 1.165) is 12.8 Å². The van der Waals surface area contributed by atoms with E-state index in [1.165, 1.54) is 18.9 Å². The predicted octanol–water partition coefficient (Wildman–Crippen LogP) is 2.00. The van der Waals surface area contributed by atoms with Gasteiger partial charge in [-0.05, 0) is 37.7 Å². The largest absolute Gasteiger partial charge is 0.396 e. The van der Waals surface area contributed by atoms with Crippen molar-refractivity contribution < 1.29 is 8.42 Å². The normalized spacial score (nSPS) is 23.5. The number of rotatable bonds is 4. The topological polar surface area (TPSA) is 98.2 Å². The van der Waals surface area contributed by atoms with E-state index in [0.29, 0.717) is 17.0 Å². The molecule has 1 aliphatic carbocycles. The Morgan fingerprint density at radius 3 is 2.75 bits per heavy atom. The van der Waals surface area contributed by atoms with E-state index in [1.807, 2.05) is 11.8 Å². The molecule has 112 valence electrons. The van der Waals surface area contributed by atoms with Crippen LogP contribution < -0.4 is 16.2 Å². The fourth-order valence-corrected chi connectivity index (χ4v) is 4.14. The minimum absolute atomic E-state index is 0.0141. The third kappa shape index (κ3) is 3.59. The maximum absolute atomic E-state index is 11.5. The van der Waals surface area contributed by atoms with Gasteiger partial charge < -0.3 is 11.1 Å². The number of para-hydroxylation sites is 1. The third-order valence-electron chi connectivity index (χ3n) is 3.69. The second-order valence-electron chi connectivity index (χ2n) is 5.13. The van der Waals surface area contributed by atoms with Crippen LogP contribution in [0.1, 0.15) is 25.7 Å². The highest BCUT2D eigenvalue weighted by Crippen LogP contribution is 2.32. The zero-order valence-corrected chi connectivity index (χ0v) is 13.1. The molecular weight excluding hydrogens is 294 g/mol. The second kappa shape index (κ2) is 6.24. The van der Waals surface area contributed by atoms with Crippen molar-refractivity contribution in [2.24, 2.45) is 5.14 Å². The van der Waals surface area contributed by atoms with E-state index >= 15 is 0 Å². The van der Waals surface area contributed by atoms with Crippen molar-refractivity contribution in [1.29, 1.82) is 0 Å². The molecule has 20 heavy (non-hydrogen) atoms. The van der Waals surface area contributed by atoms with Crippen LogP contribution in [0.4, 0.5) is 11.4 Å². The van der Waals surface area contributed by atoms with Gasteiger partial charge in [0, 0.05) is 11.3 Å². The SMILES string of the molecule is CSC1CCCC(Nc2cccc(S(N)(=O)=O)c2N)C1. The number of hydrogen-bond acceptors (Lipinski definition) is 5. The molecule has 5 nitrogen and oxygen atoms in total. The molecule has 1 aromatic carbocycles. The van der Waals surface area contributed by atoms with Gasteiger partial charge in [0.05, 0.1) is 11.4 Å². The highest BCUT2D eigenvalue weighted by molar-refractivity contribution is 7.99. The molecule has 0 amide bonds. The first kappa shape index (κ1) is 15.5. The average molecular weight is 315 g/mol. The quantitative estimate of drug-likeness (QED) is 0.738. The first-order valence-electron chi connectivity index (χ1n) is 6.62. The Balaban J connectivity index is 2.18. The Hall–Kier alpha value is -0.920. The van der Waals surface area contributed by atoms with Gasteiger partial charge in [-0.15, -0.1) is 0 Å². The molecule has 0 aliphatic heterocycles. The van der Waals surface area contributed by atoms with Gasteiger partial charge in [-0.2, -0.15) is 11.8 Å². The number of primary sulfonamides is 1. The lowest BCUT2D eigenvalue weighted by atomic mass is 9.94. The van der Waals surface area contributed by atoms with Gasteiger partial charge in [-0.25, -0.2) is 13.6 Å². The van der Waals surface area contributed by atoms with E-state index < -0.39 is 10.0 Å².